The molecule has 2 aliphatic rings. The largest absolute Gasteiger partial charge is 0.497 e. The van der Waals surface area contributed by atoms with Gasteiger partial charge in [0.05, 0.1) is 23.3 Å². The summed E-state index contributed by atoms with van der Waals surface area (Å²) in [5.74, 6) is -2.07. The summed E-state index contributed by atoms with van der Waals surface area (Å²) in [4.78, 5) is -0.462. The zero-order chi connectivity index (χ0) is 30.5. The van der Waals surface area contributed by atoms with Gasteiger partial charge in [0, 0.05) is 18.2 Å². The first-order valence-corrected chi connectivity index (χ1v) is 16.3. The Balaban J connectivity index is 0.00000423. The van der Waals surface area contributed by atoms with Crippen molar-refractivity contribution in [1.29, 1.82) is 0 Å². The molecule has 2 fully saturated rings. The van der Waals surface area contributed by atoms with Gasteiger partial charge in [-0.2, -0.15) is 31.0 Å². The van der Waals surface area contributed by atoms with E-state index in [4.69, 9.17) is 4.74 Å². The maximum absolute atomic E-state index is 15.3. The molecular formula is C29H30F5NO5S3. The lowest BCUT2D eigenvalue weighted by Gasteiger charge is -2.49. The van der Waals surface area contributed by atoms with Crippen molar-refractivity contribution >= 4 is 33.4 Å². The average molecular weight is 664 g/mol. The Morgan fingerprint density at radius 1 is 0.977 bits per heavy atom. The van der Waals surface area contributed by atoms with Crippen LogP contribution >= 0.6 is 13.5 Å². The molecule has 5 rings (SSSR count). The Labute approximate surface area is 254 Å². The molecule has 14 heteroatoms. The van der Waals surface area contributed by atoms with E-state index in [1.165, 1.54) is 11.4 Å². The molecule has 1 aliphatic carbocycles. The molecule has 0 bridgehead atoms. The molecule has 6 nitrogen and oxygen atoms in total. The van der Waals surface area contributed by atoms with E-state index in [1.807, 2.05) is 0 Å². The van der Waals surface area contributed by atoms with Crippen LogP contribution in [0.5, 0.6) is 5.75 Å². The lowest BCUT2D eigenvalue weighted by molar-refractivity contribution is -0.137. The topological polar surface area (TPSA) is 80.8 Å². The minimum Gasteiger partial charge on any atom is -0.497 e. The quantitative estimate of drug-likeness (QED) is 0.295. The highest BCUT2D eigenvalue weighted by Gasteiger charge is 2.56. The van der Waals surface area contributed by atoms with Gasteiger partial charge >= 0.3 is 6.18 Å². The first-order chi connectivity index (χ1) is 19.7. The molecule has 0 aromatic heterocycles. The minimum atomic E-state index is -4.70. The van der Waals surface area contributed by atoms with Gasteiger partial charge in [0.2, 0.25) is 10.0 Å². The fourth-order valence-electron chi connectivity index (χ4n) is 6.23. The van der Waals surface area contributed by atoms with Crippen LogP contribution in [0.25, 0.3) is 0 Å². The van der Waals surface area contributed by atoms with E-state index in [1.54, 1.807) is 24.3 Å². The highest BCUT2D eigenvalue weighted by atomic mass is 32.2. The van der Waals surface area contributed by atoms with E-state index in [9.17, 15) is 34.4 Å². The summed E-state index contributed by atoms with van der Waals surface area (Å²) >= 11 is 0. The van der Waals surface area contributed by atoms with Gasteiger partial charge in [-0.15, -0.1) is 0 Å². The number of sulfone groups is 1. The first-order valence-electron chi connectivity index (χ1n) is 13.2. The Morgan fingerprint density at radius 3 is 2.23 bits per heavy atom. The lowest BCUT2D eigenvalue weighted by atomic mass is 9.73. The normalized spacial score (nSPS) is 24.0. The molecule has 3 aromatic rings. The van der Waals surface area contributed by atoms with E-state index in [2.05, 4.69) is 0 Å². The fourth-order valence-corrected chi connectivity index (χ4v) is 10.3. The summed E-state index contributed by atoms with van der Waals surface area (Å²) in [6, 6.07) is 11.6. The molecule has 0 spiro atoms. The van der Waals surface area contributed by atoms with Gasteiger partial charge in [0.25, 0.3) is 0 Å². The van der Waals surface area contributed by atoms with Crippen molar-refractivity contribution in [2.45, 2.75) is 54.1 Å². The molecule has 1 saturated carbocycles. The zero-order valence-electron chi connectivity index (χ0n) is 22.9. The Hall–Kier alpha value is -2.68. The van der Waals surface area contributed by atoms with Gasteiger partial charge in [0.15, 0.2) is 9.84 Å². The van der Waals surface area contributed by atoms with Crippen molar-refractivity contribution in [3.63, 3.8) is 0 Å². The van der Waals surface area contributed by atoms with Crippen LogP contribution < -0.4 is 4.74 Å². The van der Waals surface area contributed by atoms with Crippen molar-refractivity contribution in [1.82, 2.24) is 4.31 Å². The minimum absolute atomic E-state index is 0. The number of halogens is 5. The summed E-state index contributed by atoms with van der Waals surface area (Å²) in [5.41, 5.74) is -0.788. The zero-order valence-corrected chi connectivity index (χ0v) is 25.6. The second kappa shape index (κ2) is 12.0. The van der Waals surface area contributed by atoms with Crippen LogP contribution in [0.15, 0.2) is 71.6 Å². The van der Waals surface area contributed by atoms with Gasteiger partial charge < -0.3 is 4.74 Å². The third kappa shape index (κ3) is 6.16. The van der Waals surface area contributed by atoms with Crippen molar-refractivity contribution in [3.8, 4) is 5.75 Å². The first kappa shape index (κ1) is 33.2. The second-order valence-electron chi connectivity index (χ2n) is 10.7. The molecule has 1 heterocycles. The highest BCUT2D eigenvalue weighted by molar-refractivity contribution is 7.92. The molecule has 0 amide bonds. The molecule has 1 aliphatic heterocycles. The van der Waals surface area contributed by atoms with Crippen LogP contribution in [0, 0.1) is 17.6 Å². The van der Waals surface area contributed by atoms with Crippen molar-refractivity contribution < 1.29 is 43.5 Å². The number of nitrogens with zero attached hydrogens (tertiary/aromatic N) is 1. The number of ether oxygens (including phenoxy) is 1. The maximum atomic E-state index is 15.3. The number of benzene rings is 3. The third-order valence-electron chi connectivity index (χ3n) is 8.38. The van der Waals surface area contributed by atoms with Gasteiger partial charge in [-0.3, -0.25) is 0 Å². The SMILES string of the molecule is COc1ccc(CN2[C@H]3CC[C@@](c4cc(F)ccc4F)(S(=O)(=O)c4ccc(C(F)(F)F)cc4)C[C@H]3CCS2(=O)=O)cc1.S. The molecule has 43 heavy (non-hydrogen) atoms. The van der Waals surface area contributed by atoms with Gasteiger partial charge in [0.1, 0.15) is 22.1 Å². The summed E-state index contributed by atoms with van der Waals surface area (Å²) in [6.45, 7) is 0.0282. The van der Waals surface area contributed by atoms with E-state index in [-0.39, 0.29) is 51.5 Å². The summed E-state index contributed by atoms with van der Waals surface area (Å²) < 4.78 is 129. The molecule has 3 atom stereocenters. The van der Waals surface area contributed by atoms with Crippen LogP contribution in [0.2, 0.25) is 0 Å². The van der Waals surface area contributed by atoms with E-state index >= 15 is 4.39 Å². The third-order valence-corrected chi connectivity index (χ3v) is 12.8. The average Bonchev–Trinajstić information content (AvgIpc) is 2.95. The molecule has 1 saturated heterocycles. The van der Waals surface area contributed by atoms with Crippen LogP contribution in [0.1, 0.15) is 42.4 Å². The summed E-state index contributed by atoms with van der Waals surface area (Å²) in [7, 11) is -6.81. The number of hydrogen-bond donors (Lipinski definition) is 0. The number of hydrogen-bond acceptors (Lipinski definition) is 5. The number of rotatable bonds is 6. The Bertz CT molecular complexity index is 1680. The molecule has 234 valence electrons. The van der Waals surface area contributed by atoms with Gasteiger partial charge in [-0.05, 0) is 91.8 Å². The van der Waals surface area contributed by atoms with E-state index in [0.29, 0.717) is 23.4 Å². The van der Waals surface area contributed by atoms with Crippen LogP contribution in [0.4, 0.5) is 22.0 Å². The Kier molecular flexibility index (Phi) is 9.28. The molecular weight excluding hydrogens is 634 g/mol. The second-order valence-corrected chi connectivity index (χ2v) is 15.0. The molecule has 0 unspecified atom stereocenters. The predicted octanol–water partition coefficient (Wildman–Crippen LogP) is 6.18. The van der Waals surface area contributed by atoms with Crippen molar-refractivity contribution in [3.05, 3.63) is 95.1 Å². The summed E-state index contributed by atoms with van der Waals surface area (Å²) in [6.07, 6.45) is -5.11. The predicted molar refractivity (Wildman–Crippen MR) is 155 cm³/mol. The number of sulfonamides is 1. The van der Waals surface area contributed by atoms with Crippen molar-refractivity contribution in [2.75, 3.05) is 12.9 Å². The van der Waals surface area contributed by atoms with Crippen LogP contribution in [0.3, 0.4) is 0 Å². The van der Waals surface area contributed by atoms with Gasteiger partial charge in [-0.1, -0.05) is 12.1 Å². The van der Waals surface area contributed by atoms with E-state index in [0.717, 1.165) is 30.3 Å². The van der Waals surface area contributed by atoms with Crippen LogP contribution in [-0.2, 0) is 37.3 Å². The van der Waals surface area contributed by atoms with E-state index < -0.39 is 70.4 Å². The molecule has 0 N–H and O–H groups in total. The van der Waals surface area contributed by atoms with Gasteiger partial charge in [-0.25, -0.2) is 25.6 Å². The maximum Gasteiger partial charge on any atom is 0.416 e. The fraction of sp³-hybridized carbons (Fsp3) is 0.379. The standard InChI is InChI=1S/C29H28F5NO5S2.H2S/c1-40-23-7-2-19(3-8-23)18-35-27-12-14-28(17-20(27)13-15-41(35,36)37,25-16-22(30)6-11-26(25)31)42(38,39)24-9-4-21(5-10-24)29(32,33)34;/h2-11,16,20,27H,12-15,17-18H2,1H3;1H2/t20-,27+,28-;/m1./s1. The van der Waals surface area contributed by atoms with Crippen LogP contribution in [-0.4, -0.2) is 40.0 Å². The summed E-state index contributed by atoms with van der Waals surface area (Å²) in [5, 5.41) is 0. The molecule has 3 aromatic carbocycles. The molecule has 0 radical (unpaired) electrons. The monoisotopic (exact) mass is 663 g/mol. The lowest BCUT2D eigenvalue weighted by Crippen LogP contribution is -2.56. The number of methoxy groups -OCH3 is 1. The Morgan fingerprint density at radius 2 is 1.63 bits per heavy atom. The highest BCUT2D eigenvalue weighted by Crippen LogP contribution is 2.53. The van der Waals surface area contributed by atoms with Crippen molar-refractivity contribution in [2.24, 2.45) is 5.92 Å². The smallest absolute Gasteiger partial charge is 0.416 e. The number of fused-ring (bicyclic) bond motifs is 1. The number of alkyl halides is 3.